The summed E-state index contributed by atoms with van der Waals surface area (Å²) in [7, 11) is 0. The molecule has 0 aromatic carbocycles. The standard InChI is InChI=1S/C15H27N5/c1-5-20(6-2)14-8-7-13(10-17-14)11-19-15(16)18-9-12(3)4/h7-8,10,12H,5-6,9,11H2,1-4H3,(H3,16,18,19). The fourth-order valence-corrected chi connectivity index (χ4v) is 1.79. The van der Waals surface area contributed by atoms with Crippen LogP contribution in [0.15, 0.2) is 23.3 Å². The molecule has 5 heteroatoms. The number of anilines is 1. The van der Waals surface area contributed by atoms with Crippen molar-refractivity contribution in [1.29, 1.82) is 0 Å². The molecule has 0 saturated carbocycles. The van der Waals surface area contributed by atoms with Crippen molar-refractivity contribution in [3.63, 3.8) is 0 Å². The van der Waals surface area contributed by atoms with Crippen LogP contribution < -0.4 is 16.0 Å². The van der Waals surface area contributed by atoms with Crippen LogP contribution in [0.25, 0.3) is 0 Å². The van der Waals surface area contributed by atoms with E-state index in [1.165, 1.54) is 0 Å². The van der Waals surface area contributed by atoms with E-state index >= 15 is 0 Å². The van der Waals surface area contributed by atoms with E-state index in [-0.39, 0.29) is 0 Å². The second-order valence-electron chi connectivity index (χ2n) is 5.17. The Hall–Kier alpha value is -1.78. The van der Waals surface area contributed by atoms with Gasteiger partial charge in [0.1, 0.15) is 5.82 Å². The molecule has 0 aliphatic rings. The highest BCUT2D eigenvalue weighted by molar-refractivity contribution is 5.77. The zero-order valence-corrected chi connectivity index (χ0v) is 13.1. The van der Waals surface area contributed by atoms with Crippen molar-refractivity contribution in [2.24, 2.45) is 16.6 Å². The van der Waals surface area contributed by atoms with Gasteiger partial charge in [0.15, 0.2) is 5.96 Å². The van der Waals surface area contributed by atoms with Crippen molar-refractivity contribution < 1.29 is 0 Å². The number of aromatic nitrogens is 1. The van der Waals surface area contributed by atoms with Crippen molar-refractivity contribution in [1.82, 2.24) is 10.3 Å². The zero-order chi connectivity index (χ0) is 15.0. The van der Waals surface area contributed by atoms with Crippen LogP contribution in [-0.4, -0.2) is 30.6 Å². The van der Waals surface area contributed by atoms with E-state index in [1.54, 1.807) is 0 Å². The van der Waals surface area contributed by atoms with E-state index in [1.807, 2.05) is 12.3 Å². The average Bonchev–Trinajstić information content (AvgIpc) is 2.45. The van der Waals surface area contributed by atoms with Gasteiger partial charge in [-0.3, -0.25) is 0 Å². The molecule has 0 bridgehead atoms. The first-order valence-corrected chi connectivity index (χ1v) is 7.30. The lowest BCUT2D eigenvalue weighted by atomic mass is 10.2. The minimum atomic E-state index is 0.492. The van der Waals surface area contributed by atoms with Gasteiger partial charge in [-0.25, -0.2) is 9.98 Å². The first kappa shape index (κ1) is 16.3. The molecule has 0 spiro atoms. The molecular weight excluding hydrogens is 250 g/mol. The highest BCUT2D eigenvalue weighted by Gasteiger charge is 2.02. The van der Waals surface area contributed by atoms with Crippen LogP contribution in [0.1, 0.15) is 33.3 Å². The van der Waals surface area contributed by atoms with Gasteiger partial charge in [-0.15, -0.1) is 0 Å². The Morgan fingerprint density at radius 1 is 1.35 bits per heavy atom. The maximum absolute atomic E-state index is 5.80. The highest BCUT2D eigenvalue weighted by Crippen LogP contribution is 2.11. The number of nitrogens with one attached hydrogen (secondary N) is 1. The topological polar surface area (TPSA) is 66.5 Å². The largest absolute Gasteiger partial charge is 0.370 e. The summed E-state index contributed by atoms with van der Waals surface area (Å²) in [5.41, 5.74) is 6.87. The lowest BCUT2D eigenvalue weighted by Crippen LogP contribution is -2.34. The van der Waals surface area contributed by atoms with Crippen LogP contribution in [0.5, 0.6) is 0 Å². The molecule has 0 radical (unpaired) electrons. The monoisotopic (exact) mass is 277 g/mol. The van der Waals surface area contributed by atoms with Crippen molar-refractivity contribution in [2.75, 3.05) is 24.5 Å². The predicted octanol–water partition coefficient (Wildman–Crippen LogP) is 1.99. The van der Waals surface area contributed by atoms with Gasteiger partial charge in [0, 0.05) is 25.8 Å². The third kappa shape index (κ3) is 5.47. The Labute approximate surface area is 122 Å². The van der Waals surface area contributed by atoms with Crippen LogP contribution >= 0.6 is 0 Å². The molecule has 1 aromatic heterocycles. The number of rotatable bonds is 7. The number of pyridine rings is 1. The number of nitrogens with two attached hydrogens (primary N) is 1. The summed E-state index contributed by atoms with van der Waals surface area (Å²) in [6.45, 7) is 11.9. The lowest BCUT2D eigenvalue weighted by Gasteiger charge is -2.19. The number of aliphatic imine (C=N–C) groups is 1. The Bertz CT molecular complexity index is 407. The maximum atomic E-state index is 5.80. The molecule has 5 nitrogen and oxygen atoms in total. The third-order valence-corrected chi connectivity index (χ3v) is 3.02. The SMILES string of the molecule is CCN(CC)c1ccc(CN=C(N)NCC(C)C)cn1. The Balaban J connectivity index is 2.55. The van der Waals surface area contributed by atoms with Gasteiger partial charge >= 0.3 is 0 Å². The smallest absolute Gasteiger partial charge is 0.188 e. The van der Waals surface area contributed by atoms with Crippen molar-refractivity contribution in [2.45, 2.75) is 34.2 Å². The van der Waals surface area contributed by atoms with E-state index in [0.29, 0.717) is 18.4 Å². The van der Waals surface area contributed by atoms with E-state index in [4.69, 9.17) is 5.73 Å². The molecule has 3 N–H and O–H groups in total. The summed E-state index contributed by atoms with van der Waals surface area (Å²) >= 11 is 0. The maximum Gasteiger partial charge on any atom is 0.188 e. The molecule has 0 atom stereocenters. The molecule has 0 aliphatic heterocycles. The Morgan fingerprint density at radius 3 is 2.55 bits per heavy atom. The van der Waals surface area contributed by atoms with Crippen LogP contribution in [0.2, 0.25) is 0 Å². The van der Waals surface area contributed by atoms with E-state index in [9.17, 15) is 0 Å². The van der Waals surface area contributed by atoms with Crippen LogP contribution in [0, 0.1) is 5.92 Å². The summed E-state index contributed by atoms with van der Waals surface area (Å²) < 4.78 is 0. The number of guanidine groups is 1. The Kier molecular flexibility index (Phi) is 6.84. The summed E-state index contributed by atoms with van der Waals surface area (Å²) in [6, 6.07) is 4.09. The number of nitrogens with zero attached hydrogens (tertiary/aromatic N) is 3. The fourth-order valence-electron chi connectivity index (χ4n) is 1.79. The van der Waals surface area contributed by atoms with E-state index in [0.717, 1.165) is 31.0 Å². The van der Waals surface area contributed by atoms with Crippen LogP contribution in [0.3, 0.4) is 0 Å². The molecular formula is C15H27N5. The number of hydrogen-bond acceptors (Lipinski definition) is 3. The average molecular weight is 277 g/mol. The van der Waals surface area contributed by atoms with E-state index in [2.05, 4.69) is 54.0 Å². The molecule has 0 aliphatic carbocycles. The fraction of sp³-hybridized carbons (Fsp3) is 0.600. The summed E-state index contributed by atoms with van der Waals surface area (Å²) in [6.07, 6.45) is 1.87. The van der Waals surface area contributed by atoms with Gasteiger partial charge in [-0.05, 0) is 31.4 Å². The molecule has 0 fully saturated rings. The predicted molar refractivity (Wildman–Crippen MR) is 86.0 cm³/mol. The summed E-state index contributed by atoms with van der Waals surface area (Å²) in [5.74, 6) is 2.05. The summed E-state index contributed by atoms with van der Waals surface area (Å²) in [5, 5.41) is 3.10. The molecule has 1 aromatic rings. The quantitative estimate of drug-likeness (QED) is 0.591. The second kappa shape index (κ2) is 8.40. The van der Waals surface area contributed by atoms with Crippen LogP contribution in [0.4, 0.5) is 5.82 Å². The van der Waals surface area contributed by atoms with Crippen molar-refractivity contribution >= 4 is 11.8 Å². The first-order valence-electron chi connectivity index (χ1n) is 7.30. The van der Waals surface area contributed by atoms with Gasteiger partial charge in [0.2, 0.25) is 0 Å². The van der Waals surface area contributed by atoms with E-state index < -0.39 is 0 Å². The van der Waals surface area contributed by atoms with Crippen molar-refractivity contribution in [3.05, 3.63) is 23.9 Å². The lowest BCUT2D eigenvalue weighted by molar-refractivity contribution is 0.622. The third-order valence-electron chi connectivity index (χ3n) is 3.02. The van der Waals surface area contributed by atoms with Gasteiger partial charge < -0.3 is 16.0 Å². The van der Waals surface area contributed by atoms with Gasteiger partial charge in [-0.2, -0.15) is 0 Å². The molecule has 0 unspecified atom stereocenters. The van der Waals surface area contributed by atoms with Gasteiger partial charge in [0.25, 0.3) is 0 Å². The molecule has 1 heterocycles. The van der Waals surface area contributed by atoms with Gasteiger partial charge in [-0.1, -0.05) is 19.9 Å². The van der Waals surface area contributed by atoms with Crippen molar-refractivity contribution in [3.8, 4) is 0 Å². The van der Waals surface area contributed by atoms with Crippen LogP contribution in [-0.2, 0) is 6.54 Å². The normalized spacial score (nSPS) is 11.8. The minimum Gasteiger partial charge on any atom is -0.370 e. The molecule has 20 heavy (non-hydrogen) atoms. The number of hydrogen-bond donors (Lipinski definition) is 2. The molecule has 0 saturated heterocycles. The van der Waals surface area contributed by atoms with Gasteiger partial charge in [0.05, 0.1) is 6.54 Å². The molecule has 0 amide bonds. The molecule has 1 rings (SSSR count). The molecule has 112 valence electrons. The highest BCUT2D eigenvalue weighted by atomic mass is 15.2. The minimum absolute atomic E-state index is 0.492. The Morgan fingerprint density at radius 2 is 2.05 bits per heavy atom. The zero-order valence-electron chi connectivity index (χ0n) is 13.1. The first-order chi connectivity index (χ1) is 9.56. The second-order valence-corrected chi connectivity index (χ2v) is 5.17. The summed E-state index contributed by atoms with van der Waals surface area (Å²) in [4.78, 5) is 11.0.